The summed E-state index contributed by atoms with van der Waals surface area (Å²) in [5, 5.41) is 0. The first-order valence-electron chi connectivity index (χ1n) is 7.19. The van der Waals surface area contributed by atoms with E-state index in [4.69, 9.17) is 9.47 Å². The summed E-state index contributed by atoms with van der Waals surface area (Å²) >= 11 is 0. The Balaban J connectivity index is 1.74. The molecule has 1 aromatic carbocycles. The van der Waals surface area contributed by atoms with Gasteiger partial charge in [-0.15, -0.1) is 0 Å². The van der Waals surface area contributed by atoms with E-state index in [1.54, 1.807) is 7.11 Å². The molecule has 0 amide bonds. The summed E-state index contributed by atoms with van der Waals surface area (Å²) in [4.78, 5) is 11.0. The fourth-order valence-electron chi connectivity index (χ4n) is 3.51. The molecule has 20 heavy (non-hydrogen) atoms. The Hall–Kier alpha value is -1.77. The average molecular weight is 272 g/mol. The molecule has 1 fully saturated rings. The zero-order valence-electron chi connectivity index (χ0n) is 12.0. The van der Waals surface area contributed by atoms with Gasteiger partial charge in [-0.1, -0.05) is 18.2 Å². The van der Waals surface area contributed by atoms with Gasteiger partial charge in [0.1, 0.15) is 0 Å². The maximum Gasteiger partial charge on any atom is 0.308 e. The number of ether oxygens (including phenoxy) is 2. The van der Waals surface area contributed by atoms with Crippen molar-refractivity contribution in [3.63, 3.8) is 0 Å². The normalized spacial score (nSPS) is 26.8. The maximum absolute atomic E-state index is 11.0. The van der Waals surface area contributed by atoms with E-state index < -0.39 is 0 Å². The van der Waals surface area contributed by atoms with Gasteiger partial charge in [-0.2, -0.15) is 0 Å². The quantitative estimate of drug-likeness (QED) is 0.479. The Kier molecular flexibility index (Phi) is 3.51. The molecule has 3 nitrogen and oxygen atoms in total. The summed E-state index contributed by atoms with van der Waals surface area (Å²) in [5.41, 5.74) is 1.25. The summed E-state index contributed by atoms with van der Waals surface area (Å²) in [5.74, 6) is 3.10. The molecule has 1 saturated carbocycles. The van der Waals surface area contributed by atoms with Crippen LogP contribution in [0.3, 0.4) is 0 Å². The van der Waals surface area contributed by atoms with Crippen molar-refractivity contribution in [2.75, 3.05) is 7.11 Å². The lowest BCUT2D eigenvalue weighted by Crippen LogP contribution is -2.10. The SMILES string of the molecule is COc1cc(CC2CC3C=CC2C3)ccc1OC(C)=O. The topological polar surface area (TPSA) is 35.5 Å². The molecule has 0 spiro atoms. The molecule has 0 radical (unpaired) electrons. The van der Waals surface area contributed by atoms with Gasteiger partial charge < -0.3 is 9.47 Å². The lowest BCUT2D eigenvalue weighted by molar-refractivity contribution is -0.132. The number of benzene rings is 1. The minimum absolute atomic E-state index is 0.325. The first-order valence-corrected chi connectivity index (χ1v) is 7.19. The molecule has 3 heteroatoms. The molecule has 3 atom stereocenters. The van der Waals surface area contributed by atoms with Crippen LogP contribution in [0.2, 0.25) is 0 Å². The molecular weight excluding hydrogens is 252 g/mol. The lowest BCUT2D eigenvalue weighted by atomic mass is 9.87. The maximum atomic E-state index is 11.0. The molecule has 3 unspecified atom stereocenters. The minimum Gasteiger partial charge on any atom is -0.493 e. The summed E-state index contributed by atoms with van der Waals surface area (Å²) in [6.07, 6.45) is 8.44. The predicted molar refractivity (Wildman–Crippen MR) is 76.9 cm³/mol. The molecule has 0 aromatic heterocycles. The van der Waals surface area contributed by atoms with Gasteiger partial charge in [0.05, 0.1) is 7.11 Å². The number of methoxy groups -OCH3 is 1. The monoisotopic (exact) mass is 272 g/mol. The molecule has 0 saturated heterocycles. The summed E-state index contributed by atoms with van der Waals surface area (Å²) in [6, 6.07) is 5.86. The van der Waals surface area contributed by atoms with Crippen molar-refractivity contribution in [1.29, 1.82) is 0 Å². The van der Waals surface area contributed by atoms with Gasteiger partial charge >= 0.3 is 5.97 Å². The number of allylic oxidation sites excluding steroid dienone is 2. The second-order valence-corrected chi connectivity index (χ2v) is 5.82. The Labute approximate surface area is 119 Å². The van der Waals surface area contributed by atoms with E-state index in [1.807, 2.05) is 18.2 Å². The van der Waals surface area contributed by atoms with Crippen LogP contribution in [0.4, 0.5) is 0 Å². The van der Waals surface area contributed by atoms with Crippen LogP contribution in [0, 0.1) is 17.8 Å². The minimum atomic E-state index is -0.325. The second kappa shape index (κ2) is 5.31. The third kappa shape index (κ3) is 2.58. The smallest absolute Gasteiger partial charge is 0.308 e. The lowest BCUT2D eigenvalue weighted by Gasteiger charge is -2.18. The number of hydrogen-bond acceptors (Lipinski definition) is 3. The van der Waals surface area contributed by atoms with Crippen molar-refractivity contribution in [2.24, 2.45) is 17.8 Å². The first-order chi connectivity index (χ1) is 9.65. The molecule has 2 bridgehead atoms. The molecule has 3 rings (SSSR count). The number of carbonyl (C=O) groups excluding carboxylic acids is 1. The van der Waals surface area contributed by atoms with Gasteiger partial charge in [0.25, 0.3) is 0 Å². The van der Waals surface area contributed by atoms with Crippen LogP contribution in [0.25, 0.3) is 0 Å². The van der Waals surface area contributed by atoms with E-state index in [2.05, 4.69) is 12.2 Å². The average Bonchev–Trinajstić information content (AvgIpc) is 3.02. The number of carbonyl (C=O) groups is 1. The van der Waals surface area contributed by atoms with Crippen LogP contribution in [0.5, 0.6) is 11.5 Å². The van der Waals surface area contributed by atoms with E-state index in [-0.39, 0.29) is 5.97 Å². The van der Waals surface area contributed by atoms with Gasteiger partial charge in [0.2, 0.25) is 0 Å². The van der Waals surface area contributed by atoms with E-state index in [0.29, 0.717) is 11.5 Å². The van der Waals surface area contributed by atoms with Gasteiger partial charge in [-0.3, -0.25) is 4.79 Å². The number of fused-ring (bicyclic) bond motifs is 2. The van der Waals surface area contributed by atoms with Crippen LogP contribution < -0.4 is 9.47 Å². The Morgan fingerprint density at radius 3 is 2.70 bits per heavy atom. The van der Waals surface area contributed by atoms with E-state index in [1.165, 1.54) is 25.3 Å². The van der Waals surface area contributed by atoms with Crippen LogP contribution in [-0.2, 0) is 11.2 Å². The van der Waals surface area contributed by atoms with Crippen LogP contribution >= 0.6 is 0 Å². The summed E-state index contributed by atoms with van der Waals surface area (Å²) < 4.78 is 10.5. The number of esters is 1. The molecule has 0 aliphatic heterocycles. The highest BCUT2D eigenvalue weighted by atomic mass is 16.6. The van der Waals surface area contributed by atoms with Gasteiger partial charge in [0.15, 0.2) is 11.5 Å². The fourth-order valence-corrected chi connectivity index (χ4v) is 3.51. The van der Waals surface area contributed by atoms with Crippen molar-refractivity contribution in [3.05, 3.63) is 35.9 Å². The largest absolute Gasteiger partial charge is 0.493 e. The second-order valence-electron chi connectivity index (χ2n) is 5.82. The highest BCUT2D eigenvalue weighted by Gasteiger charge is 2.35. The standard InChI is InChI=1S/C17H20O3/c1-11(18)20-16-6-4-13(10-17(16)19-2)9-15-8-12-3-5-14(15)7-12/h3-6,10,12,14-15H,7-9H2,1-2H3. The highest BCUT2D eigenvalue weighted by Crippen LogP contribution is 2.45. The van der Waals surface area contributed by atoms with Crippen LogP contribution in [-0.4, -0.2) is 13.1 Å². The Morgan fingerprint density at radius 2 is 2.10 bits per heavy atom. The van der Waals surface area contributed by atoms with Crippen LogP contribution in [0.1, 0.15) is 25.3 Å². The van der Waals surface area contributed by atoms with E-state index in [0.717, 1.165) is 24.2 Å². The van der Waals surface area contributed by atoms with E-state index in [9.17, 15) is 4.79 Å². The van der Waals surface area contributed by atoms with E-state index >= 15 is 0 Å². The Bertz CT molecular complexity index is 547. The van der Waals surface area contributed by atoms with Gasteiger partial charge in [-0.25, -0.2) is 0 Å². The molecule has 2 aliphatic carbocycles. The zero-order chi connectivity index (χ0) is 14.1. The van der Waals surface area contributed by atoms with Crippen LogP contribution in [0.15, 0.2) is 30.4 Å². The molecular formula is C17H20O3. The van der Waals surface area contributed by atoms with Crippen molar-refractivity contribution in [1.82, 2.24) is 0 Å². The fraction of sp³-hybridized carbons (Fsp3) is 0.471. The predicted octanol–water partition coefficient (Wildman–Crippen LogP) is 3.38. The summed E-state index contributed by atoms with van der Waals surface area (Å²) in [6.45, 7) is 1.40. The molecule has 0 N–H and O–H groups in total. The third-order valence-corrected chi connectivity index (χ3v) is 4.40. The molecule has 2 aliphatic rings. The number of rotatable bonds is 4. The van der Waals surface area contributed by atoms with Crippen molar-refractivity contribution in [3.8, 4) is 11.5 Å². The Morgan fingerprint density at radius 1 is 1.25 bits per heavy atom. The highest BCUT2D eigenvalue weighted by molar-refractivity contribution is 5.70. The third-order valence-electron chi connectivity index (χ3n) is 4.40. The molecule has 0 heterocycles. The molecule has 106 valence electrons. The van der Waals surface area contributed by atoms with Crippen molar-refractivity contribution in [2.45, 2.75) is 26.2 Å². The summed E-state index contributed by atoms with van der Waals surface area (Å²) in [7, 11) is 1.60. The van der Waals surface area contributed by atoms with Gasteiger partial charge in [0, 0.05) is 6.92 Å². The zero-order valence-corrected chi connectivity index (χ0v) is 12.0. The van der Waals surface area contributed by atoms with Crippen molar-refractivity contribution >= 4 is 5.97 Å². The number of hydrogen-bond donors (Lipinski definition) is 0. The van der Waals surface area contributed by atoms with Gasteiger partial charge in [-0.05, 0) is 54.7 Å². The van der Waals surface area contributed by atoms with Crippen molar-refractivity contribution < 1.29 is 14.3 Å². The molecule has 1 aromatic rings. The first kappa shape index (κ1) is 13.2.